The van der Waals surface area contributed by atoms with E-state index in [1.165, 1.54) is 0 Å². The SMILES string of the molecule is CCCC[S@@](=O)C[C@@H](COC(=O)c1ccc(C)cc1)[S@](=O)CCCC. The van der Waals surface area contributed by atoms with Crippen LogP contribution >= 0.6 is 0 Å². The molecule has 1 rings (SSSR count). The molecule has 0 aromatic heterocycles. The average molecular weight is 387 g/mol. The molecule has 0 fully saturated rings. The first kappa shape index (κ1) is 22.0. The molecule has 0 bridgehead atoms. The predicted octanol–water partition coefficient (Wildman–Crippen LogP) is 3.62. The van der Waals surface area contributed by atoms with Crippen LogP contribution in [0, 0.1) is 6.92 Å². The molecule has 1 aromatic carbocycles. The molecule has 0 saturated heterocycles. The van der Waals surface area contributed by atoms with Crippen LogP contribution < -0.4 is 0 Å². The van der Waals surface area contributed by atoms with Gasteiger partial charge in [-0.1, -0.05) is 44.4 Å². The van der Waals surface area contributed by atoms with Gasteiger partial charge in [0.25, 0.3) is 0 Å². The van der Waals surface area contributed by atoms with E-state index in [1.807, 2.05) is 26.0 Å². The first-order valence-electron chi connectivity index (χ1n) is 8.93. The van der Waals surface area contributed by atoms with Gasteiger partial charge in [0.05, 0.1) is 10.8 Å². The van der Waals surface area contributed by atoms with Gasteiger partial charge in [0.15, 0.2) is 0 Å². The molecular formula is C19H30O4S2. The Morgan fingerprint density at radius 1 is 1.04 bits per heavy atom. The van der Waals surface area contributed by atoms with Crippen LogP contribution in [0.3, 0.4) is 0 Å². The van der Waals surface area contributed by atoms with Crippen molar-refractivity contribution in [3.05, 3.63) is 35.4 Å². The van der Waals surface area contributed by atoms with Crippen molar-refractivity contribution in [2.45, 2.75) is 51.7 Å². The molecule has 0 heterocycles. The molecule has 0 aliphatic heterocycles. The van der Waals surface area contributed by atoms with Crippen LogP contribution in [0.25, 0.3) is 0 Å². The number of carbonyl (C=O) groups excluding carboxylic acids is 1. The summed E-state index contributed by atoms with van der Waals surface area (Å²) in [5.74, 6) is 1.09. The Balaban J connectivity index is 2.64. The molecule has 0 aliphatic carbocycles. The third-order valence-corrected chi connectivity index (χ3v) is 7.32. The summed E-state index contributed by atoms with van der Waals surface area (Å²) in [4.78, 5) is 12.2. The fourth-order valence-electron chi connectivity index (χ4n) is 2.19. The smallest absolute Gasteiger partial charge is 0.338 e. The summed E-state index contributed by atoms with van der Waals surface area (Å²) in [7, 11) is -2.15. The fraction of sp³-hybridized carbons (Fsp3) is 0.632. The minimum absolute atomic E-state index is 0.0564. The van der Waals surface area contributed by atoms with Crippen molar-refractivity contribution < 1.29 is 17.9 Å². The molecule has 142 valence electrons. The van der Waals surface area contributed by atoms with E-state index >= 15 is 0 Å². The summed E-state index contributed by atoms with van der Waals surface area (Å²) < 4.78 is 30.0. The standard InChI is InChI=1S/C19H30O4S2/c1-4-6-12-24(21)15-18(25(22)13-7-5-2)14-23-19(20)17-10-8-16(3)9-11-17/h8-11,18H,4-7,12-15H2,1-3H3/t18-,24-,25-/m1/s1. The number of hydrogen-bond acceptors (Lipinski definition) is 4. The number of aryl methyl sites for hydroxylation is 1. The fourth-order valence-corrected chi connectivity index (χ4v) is 5.67. The molecule has 25 heavy (non-hydrogen) atoms. The summed E-state index contributed by atoms with van der Waals surface area (Å²) in [6, 6.07) is 7.15. The van der Waals surface area contributed by atoms with E-state index < -0.39 is 27.6 Å². The van der Waals surface area contributed by atoms with E-state index in [9.17, 15) is 13.2 Å². The van der Waals surface area contributed by atoms with E-state index in [4.69, 9.17) is 4.74 Å². The average Bonchev–Trinajstić information content (AvgIpc) is 2.61. The molecule has 3 atom stereocenters. The lowest BCUT2D eigenvalue weighted by Gasteiger charge is -2.16. The van der Waals surface area contributed by atoms with E-state index in [2.05, 4.69) is 6.92 Å². The summed E-state index contributed by atoms with van der Waals surface area (Å²) >= 11 is 0. The zero-order valence-electron chi connectivity index (χ0n) is 15.5. The molecule has 0 aliphatic rings. The number of hydrogen-bond donors (Lipinski definition) is 0. The van der Waals surface area contributed by atoms with Gasteiger partial charge in [-0.3, -0.25) is 8.42 Å². The van der Waals surface area contributed by atoms with Gasteiger partial charge >= 0.3 is 5.97 Å². The molecule has 6 heteroatoms. The van der Waals surface area contributed by atoms with Crippen molar-refractivity contribution in [1.29, 1.82) is 0 Å². The van der Waals surface area contributed by atoms with E-state index in [0.717, 1.165) is 31.2 Å². The predicted molar refractivity (Wildman–Crippen MR) is 106 cm³/mol. The summed E-state index contributed by atoms with van der Waals surface area (Å²) in [5.41, 5.74) is 1.55. The van der Waals surface area contributed by atoms with Crippen LogP contribution in [0.1, 0.15) is 55.5 Å². The third kappa shape index (κ3) is 8.77. The van der Waals surface area contributed by atoms with Crippen molar-refractivity contribution in [1.82, 2.24) is 0 Å². The summed E-state index contributed by atoms with van der Waals surface area (Å²) in [6.07, 6.45) is 3.69. The van der Waals surface area contributed by atoms with Gasteiger partial charge in [0, 0.05) is 38.9 Å². The maximum absolute atomic E-state index is 12.5. The van der Waals surface area contributed by atoms with Crippen molar-refractivity contribution >= 4 is 27.6 Å². The summed E-state index contributed by atoms with van der Waals surface area (Å²) in [5, 5.41) is -0.362. The largest absolute Gasteiger partial charge is 0.461 e. The highest BCUT2D eigenvalue weighted by Gasteiger charge is 2.22. The van der Waals surface area contributed by atoms with Crippen molar-refractivity contribution in [2.24, 2.45) is 0 Å². The second-order valence-electron chi connectivity index (χ2n) is 6.19. The Kier molecular flexibility index (Phi) is 10.9. The molecule has 0 saturated carbocycles. The monoisotopic (exact) mass is 386 g/mol. The van der Waals surface area contributed by atoms with E-state index in [1.54, 1.807) is 12.1 Å². The van der Waals surface area contributed by atoms with Gasteiger partial charge in [-0.25, -0.2) is 4.79 Å². The van der Waals surface area contributed by atoms with Gasteiger partial charge in [0.2, 0.25) is 0 Å². The van der Waals surface area contributed by atoms with Crippen molar-refractivity contribution in [3.63, 3.8) is 0 Å². The first-order chi connectivity index (χ1) is 12.0. The van der Waals surface area contributed by atoms with Gasteiger partial charge in [-0.15, -0.1) is 0 Å². The Morgan fingerprint density at radius 2 is 1.64 bits per heavy atom. The maximum Gasteiger partial charge on any atom is 0.338 e. The van der Waals surface area contributed by atoms with Crippen LogP contribution in [0.4, 0.5) is 0 Å². The number of unbranched alkanes of at least 4 members (excludes halogenated alkanes) is 2. The lowest BCUT2D eigenvalue weighted by atomic mass is 10.1. The molecule has 0 radical (unpaired) electrons. The van der Waals surface area contributed by atoms with Crippen LogP contribution in [0.5, 0.6) is 0 Å². The molecule has 4 nitrogen and oxygen atoms in total. The zero-order chi connectivity index (χ0) is 18.7. The number of rotatable bonds is 12. The van der Waals surface area contributed by atoms with Gasteiger partial charge in [-0.2, -0.15) is 0 Å². The number of esters is 1. The molecule has 0 unspecified atom stereocenters. The topological polar surface area (TPSA) is 60.4 Å². The molecule has 0 spiro atoms. The molecular weight excluding hydrogens is 356 g/mol. The van der Waals surface area contributed by atoms with Gasteiger partial charge in [-0.05, 0) is 31.9 Å². The highest BCUT2D eigenvalue weighted by Crippen LogP contribution is 2.09. The first-order valence-corrected chi connectivity index (χ1v) is 11.8. The minimum Gasteiger partial charge on any atom is -0.461 e. The van der Waals surface area contributed by atoms with Gasteiger partial charge in [0.1, 0.15) is 6.61 Å². The highest BCUT2D eigenvalue weighted by atomic mass is 32.2. The Labute approximate surface area is 156 Å². The van der Waals surface area contributed by atoms with Crippen LogP contribution in [0.15, 0.2) is 24.3 Å². The van der Waals surface area contributed by atoms with E-state index in [0.29, 0.717) is 22.8 Å². The lowest BCUT2D eigenvalue weighted by molar-refractivity contribution is 0.0510. The zero-order valence-corrected chi connectivity index (χ0v) is 17.1. The Bertz CT molecular complexity index is 569. The lowest BCUT2D eigenvalue weighted by Crippen LogP contribution is -2.31. The normalized spacial score (nSPS) is 14.7. The number of benzene rings is 1. The van der Waals surface area contributed by atoms with Crippen LogP contribution in [0.2, 0.25) is 0 Å². The second kappa shape index (κ2) is 12.4. The number of ether oxygens (including phenoxy) is 1. The van der Waals surface area contributed by atoms with Crippen molar-refractivity contribution in [2.75, 3.05) is 23.9 Å². The van der Waals surface area contributed by atoms with Gasteiger partial charge < -0.3 is 4.74 Å². The molecule has 0 amide bonds. The Morgan fingerprint density at radius 3 is 2.24 bits per heavy atom. The molecule has 0 N–H and O–H groups in total. The second-order valence-corrected chi connectivity index (χ2v) is 9.65. The third-order valence-electron chi connectivity index (χ3n) is 3.86. The van der Waals surface area contributed by atoms with E-state index in [-0.39, 0.29) is 11.9 Å². The van der Waals surface area contributed by atoms with Crippen molar-refractivity contribution in [3.8, 4) is 0 Å². The maximum atomic E-state index is 12.5. The minimum atomic E-state index is -1.13. The highest BCUT2D eigenvalue weighted by molar-refractivity contribution is 7.89. The summed E-state index contributed by atoms with van der Waals surface area (Å²) in [6.45, 7) is 6.11. The number of carbonyl (C=O) groups is 1. The Hall–Kier alpha value is -1.01. The molecule has 1 aromatic rings. The van der Waals surface area contributed by atoms with Crippen LogP contribution in [-0.2, 0) is 26.3 Å². The quantitative estimate of drug-likeness (QED) is 0.515. The van der Waals surface area contributed by atoms with Crippen LogP contribution in [-0.4, -0.2) is 43.5 Å².